The van der Waals surface area contributed by atoms with Crippen LogP contribution in [0.2, 0.25) is 0 Å². The second-order valence-corrected chi connectivity index (χ2v) is 3.88. The number of nitro groups is 1. The second-order valence-electron chi connectivity index (χ2n) is 3.88. The van der Waals surface area contributed by atoms with Crippen molar-refractivity contribution in [1.29, 1.82) is 0 Å². The van der Waals surface area contributed by atoms with Gasteiger partial charge in [0, 0.05) is 19.7 Å². The molecular weight excluding hydrogens is 234 g/mol. The molecule has 0 aliphatic carbocycles. The molecule has 0 unspecified atom stereocenters. The highest BCUT2D eigenvalue weighted by atomic mass is 16.6. The van der Waals surface area contributed by atoms with Crippen LogP contribution >= 0.6 is 0 Å². The van der Waals surface area contributed by atoms with Gasteiger partial charge in [0.05, 0.1) is 17.7 Å². The summed E-state index contributed by atoms with van der Waals surface area (Å²) in [5.74, 6) is 2.13. The number of carbonyl (C=O) groups excluding carboxylic acids is 1. The zero-order valence-corrected chi connectivity index (χ0v) is 10.4. The maximum Gasteiger partial charge on any atom is 0.287 e. The van der Waals surface area contributed by atoms with E-state index in [-0.39, 0.29) is 23.8 Å². The maximum absolute atomic E-state index is 12.2. The Morgan fingerprint density at radius 1 is 1.67 bits per heavy atom. The van der Waals surface area contributed by atoms with E-state index in [0.717, 1.165) is 6.42 Å². The van der Waals surface area contributed by atoms with Crippen LogP contribution in [0.3, 0.4) is 0 Å². The van der Waals surface area contributed by atoms with Crippen molar-refractivity contribution in [2.75, 3.05) is 13.1 Å². The van der Waals surface area contributed by atoms with E-state index in [4.69, 9.17) is 6.42 Å². The lowest BCUT2D eigenvalue weighted by Crippen LogP contribution is -2.33. The summed E-state index contributed by atoms with van der Waals surface area (Å²) in [7, 11) is 1.60. The van der Waals surface area contributed by atoms with Crippen LogP contribution in [0.15, 0.2) is 12.3 Å². The van der Waals surface area contributed by atoms with Crippen LogP contribution in [-0.2, 0) is 7.05 Å². The van der Waals surface area contributed by atoms with Crippen molar-refractivity contribution in [1.82, 2.24) is 9.47 Å². The lowest BCUT2D eigenvalue weighted by atomic mass is 10.3. The van der Waals surface area contributed by atoms with E-state index < -0.39 is 4.92 Å². The monoisotopic (exact) mass is 249 g/mol. The number of hydrogen-bond donors (Lipinski definition) is 0. The summed E-state index contributed by atoms with van der Waals surface area (Å²) in [6, 6.07) is 1.27. The number of hydrogen-bond acceptors (Lipinski definition) is 3. The molecule has 1 aromatic rings. The Kier molecular flexibility index (Phi) is 4.49. The number of rotatable bonds is 5. The molecule has 0 bridgehead atoms. The van der Waals surface area contributed by atoms with Gasteiger partial charge >= 0.3 is 0 Å². The first-order valence-corrected chi connectivity index (χ1v) is 5.54. The molecule has 0 spiro atoms. The predicted molar refractivity (Wildman–Crippen MR) is 67.1 cm³/mol. The quantitative estimate of drug-likeness (QED) is 0.450. The molecule has 0 radical (unpaired) electrons. The SMILES string of the molecule is C#CCN(CCC)C(=O)c1cc([N+](=O)[O-])cn1C. The summed E-state index contributed by atoms with van der Waals surface area (Å²) < 4.78 is 1.44. The Morgan fingerprint density at radius 3 is 2.78 bits per heavy atom. The molecule has 1 rings (SSSR count). The highest BCUT2D eigenvalue weighted by molar-refractivity contribution is 5.93. The average Bonchev–Trinajstić information content (AvgIpc) is 2.70. The van der Waals surface area contributed by atoms with Crippen LogP contribution in [0, 0.1) is 22.5 Å². The minimum absolute atomic E-state index is 0.0991. The van der Waals surface area contributed by atoms with Crippen LogP contribution in [0.5, 0.6) is 0 Å². The van der Waals surface area contributed by atoms with Crippen molar-refractivity contribution in [2.24, 2.45) is 7.05 Å². The first kappa shape index (κ1) is 13.8. The van der Waals surface area contributed by atoms with Gasteiger partial charge in [-0.15, -0.1) is 6.42 Å². The minimum atomic E-state index is -0.526. The molecule has 0 fully saturated rings. The van der Waals surface area contributed by atoms with Gasteiger partial charge in [0.25, 0.3) is 11.6 Å². The highest BCUT2D eigenvalue weighted by Crippen LogP contribution is 2.16. The molecule has 1 aromatic heterocycles. The first-order valence-electron chi connectivity index (χ1n) is 5.54. The Labute approximate surface area is 105 Å². The van der Waals surface area contributed by atoms with E-state index in [1.54, 1.807) is 7.05 Å². The Morgan fingerprint density at radius 2 is 2.33 bits per heavy atom. The Hall–Kier alpha value is -2.29. The van der Waals surface area contributed by atoms with Gasteiger partial charge < -0.3 is 9.47 Å². The van der Waals surface area contributed by atoms with E-state index >= 15 is 0 Å². The van der Waals surface area contributed by atoms with Crippen LogP contribution in [0.4, 0.5) is 5.69 Å². The minimum Gasteiger partial charge on any atom is -0.340 e. The van der Waals surface area contributed by atoms with E-state index in [1.165, 1.54) is 21.7 Å². The van der Waals surface area contributed by atoms with Crippen LogP contribution in [-0.4, -0.2) is 33.4 Å². The number of aryl methyl sites for hydroxylation is 1. The van der Waals surface area contributed by atoms with Gasteiger partial charge in [-0.3, -0.25) is 14.9 Å². The second kappa shape index (κ2) is 5.87. The summed E-state index contributed by atoms with van der Waals surface area (Å²) in [5, 5.41) is 10.6. The van der Waals surface area contributed by atoms with E-state index in [2.05, 4.69) is 5.92 Å². The summed E-state index contributed by atoms with van der Waals surface area (Å²) in [5.41, 5.74) is 0.170. The highest BCUT2D eigenvalue weighted by Gasteiger charge is 2.21. The summed E-state index contributed by atoms with van der Waals surface area (Å²) in [4.78, 5) is 23.8. The number of nitrogens with zero attached hydrogens (tertiary/aromatic N) is 3. The third-order valence-corrected chi connectivity index (χ3v) is 2.48. The Bertz CT molecular complexity index is 499. The van der Waals surface area contributed by atoms with E-state index in [0.29, 0.717) is 6.54 Å². The molecule has 1 amide bonds. The van der Waals surface area contributed by atoms with E-state index in [1.807, 2.05) is 6.92 Å². The zero-order valence-electron chi connectivity index (χ0n) is 10.4. The molecule has 0 saturated heterocycles. The summed E-state index contributed by atoms with van der Waals surface area (Å²) >= 11 is 0. The van der Waals surface area contributed by atoms with Crippen molar-refractivity contribution in [3.8, 4) is 12.3 Å². The fourth-order valence-electron chi connectivity index (χ4n) is 1.65. The van der Waals surface area contributed by atoms with Crippen molar-refractivity contribution in [3.63, 3.8) is 0 Å². The van der Waals surface area contributed by atoms with Crippen LogP contribution in [0.1, 0.15) is 23.8 Å². The molecule has 0 aliphatic rings. The fourth-order valence-corrected chi connectivity index (χ4v) is 1.65. The zero-order chi connectivity index (χ0) is 13.7. The third-order valence-electron chi connectivity index (χ3n) is 2.48. The Balaban J connectivity index is 3.01. The van der Waals surface area contributed by atoms with Gasteiger partial charge in [0.15, 0.2) is 0 Å². The van der Waals surface area contributed by atoms with Gasteiger partial charge in [0.1, 0.15) is 5.69 Å². The topological polar surface area (TPSA) is 68.4 Å². The standard InChI is InChI=1S/C12H15N3O3/c1-4-6-14(7-5-2)12(16)11-8-10(15(17)18)9-13(11)3/h1,8-9H,5-7H2,2-3H3. The molecule has 0 atom stereocenters. The number of aromatic nitrogens is 1. The van der Waals surface area contributed by atoms with Gasteiger partial charge in [-0.25, -0.2) is 0 Å². The molecule has 96 valence electrons. The summed E-state index contributed by atoms with van der Waals surface area (Å²) in [6.07, 6.45) is 7.30. The van der Waals surface area contributed by atoms with Crippen LogP contribution < -0.4 is 0 Å². The van der Waals surface area contributed by atoms with E-state index in [9.17, 15) is 14.9 Å². The average molecular weight is 249 g/mol. The van der Waals surface area contributed by atoms with Crippen molar-refractivity contribution < 1.29 is 9.72 Å². The van der Waals surface area contributed by atoms with Crippen molar-refractivity contribution >= 4 is 11.6 Å². The first-order chi connectivity index (χ1) is 8.51. The fraction of sp³-hybridized carbons (Fsp3) is 0.417. The number of amides is 1. The smallest absolute Gasteiger partial charge is 0.287 e. The maximum atomic E-state index is 12.2. The van der Waals surface area contributed by atoms with Crippen molar-refractivity contribution in [2.45, 2.75) is 13.3 Å². The lowest BCUT2D eigenvalue weighted by Gasteiger charge is -2.19. The molecule has 0 saturated carbocycles. The van der Waals surface area contributed by atoms with Gasteiger partial charge in [-0.2, -0.15) is 0 Å². The summed E-state index contributed by atoms with van der Waals surface area (Å²) in [6.45, 7) is 2.66. The lowest BCUT2D eigenvalue weighted by molar-refractivity contribution is -0.384. The normalized spacial score (nSPS) is 9.83. The van der Waals surface area contributed by atoms with Gasteiger partial charge in [-0.05, 0) is 6.42 Å². The molecule has 1 heterocycles. The largest absolute Gasteiger partial charge is 0.340 e. The van der Waals surface area contributed by atoms with Crippen LogP contribution in [0.25, 0.3) is 0 Å². The number of terminal acetylenes is 1. The molecule has 6 heteroatoms. The molecule has 0 aromatic carbocycles. The third kappa shape index (κ3) is 2.88. The van der Waals surface area contributed by atoms with Gasteiger partial charge in [0.2, 0.25) is 0 Å². The molecule has 0 aliphatic heterocycles. The van der Waals surface area contributed by atoms with Gasteiger partial charge in [-0.1, -0.05) is 12.8 Å². The molecule has 18 heavy (non-hydrogen) atoms. The molecular formula is C12H15N3O3. The number of carbonyl (C=O) groups is 1. The molecule has 6 nitrogen and oxygen atoms in total. The predicted octanol–water partition coefficient (Wildman–Crippen LogP) is 1.42. The molecule has 0 N–H and O–H groups in total. The van der Waals surface area contributed by atoms with Crippen molar-refractivity contribution in [3.05, 3.63) is 28.1 Å².